The number of benzene rings is 1. The number of carbonyl (C=O) groups is 1. The number of aryl methyl sites for hydroxylation is 2. The van der Waals surface area contributed by atoms with Crippen LogP contribution < -0.4 is 5.46 Å². The highest BCUT2D eigenvalue weighted by Gasteiger charge is 2.51. The maximum absolute atomic E-state index is 12.7. The van der Waals surface area contributed by atoms with Crippen LogP contribution in [0.5, 0.6) is 0 Å². The number of methoxy groups -OCH3 is 1. The van der Waals surface area contributed by atoms with Crippen LogP contribution >= 0.6 is 0 Å². The van der Waals surface area contributed by atoms with Gasteiger partial charge in [-0.25, -0.2) is 0 Å². The van der Waals surface area contributed by atoms with Crippen LogP contribution in [0.15, 0.2) is 17.9 Å². The third-order valence-electron chi connectivity index (χ3n) is 6.22. The smallest absolute Gasteiger partial charge is 0.494 e. The van der Waals surface area contributed by atoms with Gasteiger partial charge in [-0.15, -0.1) is 0 Å². The molecule has 1 unspecified atom stereocenters. The molecule has 1 heterocycles. The van der Waals surface area contributed by atoms with E-state index < -0.39 is 18.3 Å². The fourth-order valence-electron chi connectivity index (χ4n) is 4.07. The number of rotatable bonds is 4. The van der Waals surface area contributed by atoms with Crippen LogP contribution in [0.3, 0.4) is 0 Å². The molecule has 1 fully saturated rings. The van der Waals surface area contributed by atoms with Crippen LogP contribution in [0.4, 0.5) is 0 Å². The van der Waals surface area contributed by atoms with E-state index in [9.17, 15) is 4.79 Å². The number of ether oxygens (including phenoxy) is 1. The molecule has 2 aliphatic rings. The molecule has 0 N–H and O–H groups in total. The normalized spacial score (nSPS) is 23.3. The molecule has 0 amide bonds. The first-order chi connectivity index (χ1) is 13.0. The molecule has 148 valence electrons. The Hall–Kier alpha value is -2.10. The highest BCUT2D eigenvalue weighted by molar-refractivity contribution is 6.62. The zero-order valence-electron chi connectivity index (χ0n) is 17.8. The van der Waals surface area contributed by atoms with Crippen LogP contribution in [-0.2, 0) is 18.8 Å². The number of allylic oxidation sites excluding steroid dienone is 2. The summed E-state index contributed by atoms with van der Waals surface area (Å²) < 4.78 is 17.9. The quantitative estimate of drug-likeness (QED) is 0.748. The van der Waals surface area contributed by atoms with Crippen LogP contribution in [0, 0.1) is 31.1 Å². The Labute approximate surface area is 167 Å². The largest absolute Gasteiger partial charge is 0.500 e. The van der Waals surface area contributed by atoms with Crippen molar-refractivity contribution in [3.63, 3.8) is 0 Å². The molecular weight excluding hydrogens is 353 g/mol. The van der Waals surface area contributed by atoms with Gasteiger partial charge in [0.25, 0.3) is 0 Å². The highest BCUT2D eigenvalue weighted by Crippen LogP contribution is 2.40. The summed E-state index contributed by atoms with van der Waals surface area (Å²) in [6, 6.07) is 6.20. The van der Waals surface area contributed by atoms with Gasteiger partial charge in [0.1, 0.15) is 5.76 Å². The van der Waals surface area contributed by atoms with Crippen molar-refractivity contribution in [1.82, 2.24) is 0 Å². The molecule has 0 aromatic heterocycles. The first-order valence-corrected chi connectivity index (χ1v) is 9.68. The molecule has 0 saturated carbocycles. The highest BCUT2D eigenvalue weighted by atomic mass is 16.7. The average molecular weight is 381 g/mol. The summed E-state index contributed by atoms with van der Waals surface area (Å²) in [4.78, 5) is 12.7. The predicted molar refractivity (Wildman–Crippen MR) is 109 cm³/mol. The first kappa shape index (κ1) is 20.6. The molecule has 28 heavy (non-hydrogen) atoms. The lowest BCUT2D eigenvalue weighted by atomic mass is 9.76. The van der Waals surface area contributed by atoms with Crippen molar-refractivity contribution in [3.05, 3.63) is 34.6 Å². The maximum Gasteiger partial charge on any atom is 0.494 e. The van der Waals surface area contributed by atoms with E-state index in [1.807, 2.05) is 53.7 Å². The Balaban J connectivity index is 2.04. The molecular formula is C22H28BNO4. The minimum atomic E-state index is -0.446. The number of carbonyl (C=O) groups excluding carboxylic acids is 1. The van der Waals surface area contributed by atoms with E-state index in [4.69, 9.17) is 19.3 Å². The monoisotopic (exact) mass is 381 g/mol. The maximum atomic E-state index is 12.7. The summed E-state index contributed by atoms with van der Waals surface area (Å²) in [5.74, 6) is 0.492. The number of nitriles is 1. The van der Waals surface area contributed by atoms with Crippen molar-refractivity contribution in [1.29, 1.82) is 5.26 Å². The summed E-state index contributed by atoms with van der Waals surface area (Å²) in [7, 11) is 1.12. The molecule has 1 aromatic carbocycles. The fourth-order valence-corrected chi connectivity index (χ4v) is 4.07. The molecule has 6 heteroatoms. The van der Waals surface area contributed by atoms with E-state index >= 15 is 0 Å². The van der Waals surface area contributed by atoms with Gasteiger partial charge < -0.3 is 14.0 Å². The Morgan fingerprint density at radius 2 is 1.71 bits per heavy atom. The molecule has 1 aliphatic heterocycles. The second-order valence-electron chi connectivity index (χ2n) is 8.75. The van der Waals surface area contributed by atoms with Gasteiger partial charge in [-0.1, -0.05) is 12.1 Å². The molecule has 0 bridgehead atoms. The lowest BCUT2D eigenvalue weighted by molar-refractivity contribution is -0.113. The van der Waals surface area contributed by atoms with Crippen molar-refractivity contribution in [2.24, 2.45) is 5.92 Å². The van der Waals surface area contributed by atoms with Crippen LogP contribution in [-0.4, -0.2) is 31.2 Å². The number of ketones is 1. The van der Waals surface area contributed by atoms with Gasteiger partial charge in [0.15, 0.2) is 5.78 Å². The minimum Gasteiger partial charge on any atom is -0.500 e. The summed E-state index contributed by atoms with van der Waals surface area (Å²) in [6.07, 6.45) is 0.604. The summed E-state index contributed by atoms with van der Waals surface area (Å²) in [6.45, 7) is 12.1. The zero-order valence-corrected chi connectivity index (χ0v) is 17.8. The van der Waals surface area contributed by atoms with E-state index in [1.54, 1.807) is 7.11 Å². The van der Waals surface area contributed by atoms with Crippen LogP contribution in [0.25, 0.3) is 5.57 Å². The third kappa shape index (κ3) is 3.27. The summed E-state index contributed by atoms with van der Waals surface area (Å²) >= 11 is 0. The van der Waals surface area contributed by atoms with E-state index in [0.717, 1.165) is 22.2 Å². The number of Topliss-reactive ketones (excluding diaryl/α,β-unsaturated/α-hetero) is 1. The predicted octanol–water partition coefficient (Wildman–Crippen LogP) is 3.46. The molecule has 5 nitrogen and oxygen atoms in total. The van der Waals surface area contributed by atoms with Gasteiger partial charge in [0.05, 0.1) is 30.0 Å². The molecule has 0 radical (unpaired) electrons. The van der Waals surface area contributed by atoms with Gasteiger partial charge in [0, 0.05) is 18.8 Å². The number of hydrogen-bond acceptors (Lipinski definition) is 5. The van der Waals surface area contributed by atoms with E-state index in [2.05, 4.69) is 6.07 Å². The van der Waals surface area contributed by atoms with E-state index in [-0.39, 0.29) is 18.1 Å². The second-order valence-corrected chi connectivity index (χ2v) is 8.75. The summed E-state index contributed by atoms with van der Waals surface area (Å²) in [5.41, 5.74) is 3.57. The Morgan fingerprint density at radius 1 is 1.18 bits per heavy atom. The molecule has 0 spiro atoms. The van der Waals surface area contributed by atoms with Crippen molar-refractivity contribution < 1.29 is 18.8 Å². The first-order valence-electron chi connectivity index (χ1n) is 9.68. The number of hydrogen-bond donors (Lipinski definition) is 0. The Kier molecular flexibility index (Phi) is 5.20. The van der Waals surface area contributed by atoms with Crippen LogP contribution in [0.2, 0.25) is 0 Å². The van der Waals surface area contributed by atoms with Gasteiger partial charge in [-0.2, -0.15) is 5.26 Å². The minimum absolute atomic E-state index is 0.0340. The van der Waals surface area contributed by atoms with Gasteiger partial charge in [-0.05, 0) is 63.7 Å². The Bertz CT molecular complexity index is 855. The average Bonchev–Trinajstić information content (AvgIpc) is 3.00. The fraction of sp³-hybridized carbons (Fsp3) is 0.545. The van der Waals surface area contributed by atoms with Gasteiger partial charge >= 0.3 is 7.12 Å². The third-order valence-corrected chi connectivity index (χ3v) is 6.22. The molecule has 1 atom stereocenters. The Morgan fingerprint density at radius 3 is 2.18 bits per heavy atom. The van der Waals surface area contributed by atoms with E-state index in [0.29, 0.717) is 17.8 Å². The SMILES string of the molecule is COC1=C(c2c(C)cc(B3OC(C)(C)C(C)(C)O3)cc2C)C(=O)CC1CC#N. The molecule has 1 aliphatic carbocycles. The van der Waals surface area contributed by atoms with Crippen molar-refractivity contribution in [2.75, 3.05) is 7.11 Å². The lowest BCUT2D eigenvalue weighted by Crippen LogP contribution is -2.41. The zero-order chi connectivity index (χ0) is 20.9. The van der Waals surface area contributed by atoms with Crippen molar-refractivity contribution in [3.8, 4) is 6.07 Å². The second kappa shape index (κ2) is 7.06. The summed E-state index contributed by atoms with van der Waals surface area (Å²) in [5, 5.41) is 9.07. The van der Waals surface area contributed by atoms with Crippen molar-refractivity contribution in [2.45, 2.75) is 65.6 Å². The molecule has 1 saturated heterocycles. The topological polar surface area (TPSA) is 68.6 Å². The van der Waals surface area contributed by atoms with E-state index in [1.165, 1.54) is 0 Å². The van der Waals surface area contributed by atoms with Gasteiger partial charge in [0.2, 0.25) is 0 Å². The van der Waals surface area contributed by atoms with Gasteiger partial charge in [-0.3, -0.25) is 4.79 Å². The van der Waals surface area contributed by atoms with Crippen LogP contribution in [0.1, 0.15) is 57.2 Å². The standard InChI is InChI=1S/C22H28BNO4/c1-13-10-16(23-27-21(3,4)22(5,6)28-23)11-14(2)18(13)19-17(25)12-15(8-9-24)20(19)26-7/h10-11,15H,8,12H2,1-7H3. The molecule has 1 aromatic rings. The molecule has 3 rings (SSSR count). The van der Waals surface area contributed by atoms with Crippen molar-refractivity contribution >= 4 is 23.9 Å². The number of nitrogens with zero attached hydrogens (tertiary/aromatic N) is 1. The lowest BCUT2D eigenvalue weighted by Gasteiger charge is -2.32.